The van der Waals surface area contributed by atoms with Gasteiger partial charge in [-0.05, 0) is 84.8 Å². The molecule has 0 atom stereocenters. The smallest absolute Gasteiger partial charge is 0.240 e. The van der Waals surface area contributed by atoms with Crippen LogP contribution in [0.1, 0.15) is 24.8 Å². The van der Waals surface area contributed by atoms with E-state index in [9.17, 15) is 19.0 Å². The molecule has 0 N–H and O–H groups in total. The van der Waals surface area contributed by atoms with Gasteiger partial charge in [0, 0.05) is 48.5 Å². The van der Waals surface area contributed by atoms with E-state index in [0.717, 1.165) is 15.3 Å². The first-order chi connectivity index (χ1) is 42.0. The molecule has 6 aromatic heterocycles. The second-order valence-corrected chi connectivity index (χ2v) is 17.6. The van der Waals surface area contributed by atoms with Crippen LogP contribution >= 0.6 is 0 Å². The predicted octanol–water partition coefficient (Wildman–Crippen LogP) is 15.7. The lowest BCUT2D eigenvalue weighted by Gasteiger charge is -2.20. The standard InChI is InChI=1S/C64H36N8O/c65-37-38-32-34-54-47(36-38)44-21-6-8-23-48(44)69(54)55-29-15-30-56(70-49-24-9-5-20-43(49)45-33-35-58-59(61(45)70)46-22-7-14-31-57(46)73-58)60(55)62-66-63(71-50-25-10-1-16-39(50)40-17-2-11-26-51(40)71)68-64(67-62)72-52-27-12-3-18-41(52)42-19-4-13-28-53(42)72/h1-36H/i1D,6D,8D,10D,15D,16D,21D,23D,25D,29D,30D,32D,34D,36D. The van der Waals surface area contributed by atoms with E-state index in [0.29, 0.717) is 65.7 Å². The topological polar surface area (TPSA) is 95.3 Å². The summed E-state index contributed by atoms with van der Waals surface area (Å²) in [6.45, 7) is 0. The summed E-state index contributed by atoms with van der Waals surface area (Å²) in [4.78, 5) is 16.0. The van der Waals surface area contributed by atoms with Crippen LogP contribution in [0.15, 0.2) is 222 Å². The van der Waals surface area contributed by atoms with Crippen LogP contribution < -0.4 is 0 Å². The third-order valence-corrected chi connectivity index (χ3v) is 13.8. The predicted molar refractivity (Wildman–Crippen MR) is 295 cm³/mol. The molecule has 6 heterocycles. The average molecular weight is 947 g/mol. The van der Waals surface area contributed by atoms with E-state index < -0.39 is 101 Å². The zero-order chi connectivity index (χ0) is 60.1. The molecule has 0 spiro atoms. The molecule has 10 aromatic carbocycles. The SMILES string of the molecule is [2H]c1c([2H])c(-n2c3c([2H])c([2H])c([2H])c([2H])c3c3c([2H])c(C#N)c([2H])c([2H])c32)c(-c2nc(-n3c4ccccc4c4ccccc43)nc(-n3c4ccccc4c4c([2H])c([2H])c([2H])c([2H])c43)n2)c(-n2c3ccccc3c3ccc4oc5ccccc5c4c32)c1[2H]. The summed E-state index contributed by atoms with van der Waals surface area (Å²) in [5.74, 6) is -0.659. The number of benzene rings is 10. The first kappa shape index (κ1) is 28.4. The number of rotatable bonds is 5. The van der Waals surface area contributed by atoms with Gasteiger partial charge in [-0.25, -0.2) is 0 Å². The summed E-state index contributed by atoms with van der Waals surface area (Å²) in [5, 5.41) is 14.6. The Labute approximate surface area is 434 Å². The monoisotopic (exact) mass is 946 g/mol. The van der Waals surface area contributed by atoms with Gasteiger partial charge < -0.3 is 13.6 Å². The molecule has 16 aromatic rings. The van der Waals surface area contributed by atoms with E-state index in [1.54, 1.807) is 39.5 Å². The molecular weight excluding hydrogens is 897 g/mol. The van der Waals surface area contributed by atoms with Gasteiger partial charge >= 0.3 is 0 Å². The van der Waals surface area contributed by atoms with Crippen molar-refractivity contribution < 1.29 is 23.6 Å². The number of hydrogen-bond donors (Lipinski definition) is 0. The highest BCUT2D eigenvalue weighted by Crippen LogP contribution is 2.45. The van der Waals surface area contributed by atoms with Crippen molar-refractivity contribution in [2.75, 3.05) is 0 Å². The zero-order valence-electron chi connectivity index (χ0n) is 51.7. The lowest BCUT2D eigenvalue weighted by molar-refractivity contribution is 0.669. The fraction of sp³-hybridized carbons (Fsp3) is 0. The van der Waals surface area contributed by atoms with E-state index in [1.807, 2.05) is 109 Å². The summed E-state index contributed by atoms with van der Waals surface area (Å²) in [6.07, 6.45) is 0. The van der Waals surface area contributed by atoms with Gasteiger partial charge in [-0.3, -0.25) is 9.13 Å². The summed E-state index contributed by atoms with van der Waals surface area (Å²) < 4.78 is 146. The normalized spacial score (nSPS) is 14.8. The van der Waals surface area contributed by atoms with E-state index in [4.69, 9.17) is 24.9 Å². The van der Waals surface area contributed by atoms with Crippen LogP contribution in [-0.2, 0) is 0 Å². The third-order valence-electron chi connectivity index (χ3n) is 13.8. The van der Waals surface area contributed by atoms with E-state index in [2.05, 4.69) is 0 Å². The number of nitriles is 1. The van der Waals surface area contributed by atoms with E-state index in [1.165, 1.54) is 4.57 Å². The van der Waals surface area contributed by atoms with Crippen molar-refractivity contribution in [2.45, 2.75) is 0 Å². The highest BCUT2D eigenvalue weighted by Gasteiger charge is 2.28. The maximum Gasteiger partial charge on any atom is 0.240 e. The Balaban J connectivity index is 1.21. The number of aromatic nitrogens is 7. The molecule has 9 heteroatoms. The van der Waals surface area contributed by atoms with Gasteiger partial charge in [0.2, 0.25) is 11.9 Å². The molecule has 0 saturated heterocycles. The Morgan fingerprint density at radius 2 is 0.904 bits per heavy atom. The van der Waals surface area contributed by atoms with Crippen molar-refractivity contribution in [3.8, 4) is 40.7 Å². The molecule has 0 fully saturated rings. The second-order valence-electron chi connectivity index (χ2n) is 17.6. The van der Waals surface area contributed by atoms with Crippen molar-refractivity contribution in [3.05, 3.63) is 224 Å². The number of furan rings is 1. The second kappa shape index (κ2) is 14.9. The molecule has 16 rings (SSSR count). The molecule has 0 aliphatic heterocycles. The van der Waals surface area contributed by atoms with Crippen LogP contribution in [0.3, 0.4) is 0 Å². The molecule has 0 bridgehead atoms. The number of fused-ring (bicyclic) bond motifs is 16. The van der Waals surface area contributed by atoms with Crippen molar-refractivity contribution in [3.63, 3.8) is 0 Å². The Kier molecular flexibility index (Phi) is 5.78. The lowest BCUT2D eigenvalue weighted by atomic mass is 10.1. The van der Waals surface area contributed by atoms with E-state index >= 15 is 0 Å². The van der Waals surface area contributed by atoms with Gasteiger partial charge in [0.05, 0.1) is 97.3 Å². The maximum atomic E-state index is 10.5. The molecule has 338 valence electrons. The van der Waals surface area contributed by atoms with Crippen molar-refractivity contribution in [1.29, 1.82) is 5.26 Å². The fourth-order valence-corrected chi connectivity index (χ4v) is 10.9. The van der Waals surface area contributed by atoms with Gasteiger partial charge in [-0.15, -0.1) is 0 Å². The van der Waals surface area contributed by atoms with Crippen LogP contribution in [0.4, 0.5) is 0 Å². The third kappa shape index (κ3) is 5.46. The highest BCUT2D eigenvalue weighted by atomic mass is 16.3. The molecule has 73 heavy (non-hydrogen) atoms. The lowest BCUT2D eigenvalue weighted by Crippen LogP contribution is -2.12. The molecule has 9 nitrogen and oxygen atoms in total. The van der Waals surface area contributed by atoms with Gasteiger partial charge in [-0.2, -0.15) is 20.2 Å². The summed E-state index contributed by atoms with van der Waals surface area (Å²) in [5.41, 5.74) is 1.30. The minimum absolute atomic E-state index is 0.00930. The Bertz CT molecular complexity index is 5880. The molecule has 0 unspecified atom stereocenters. The molecule has 0 amide bonds. The van der Waals surface area contributed by atoms with Crippen molar-refractivity contribution >= 4 is 109 Å². The fourth-order valence-electron chi connectivity index (χ4n) is 10.9. The van der Waals surface area contributed by atoms with Crippen LogP contribution in [0.25, 0.3) is 144 Å². The minimum Gasteiger partial charge on any atom is -0.456 e. The van der Waals surface area contributed by atoms with Gasteiger partial charge in [0.1, 0.15) is 11.2 Å². The number of hydrogen-bond acceptors (Lipinski definition) is 5. The minimum atomic E-state index is -0.749. The Morgan fingerprint density at radius 1 is 0.397 bits per heavy atom. The molecule has 0 aliphatic rings. The van der Waals surface area contributed by atoms with E-state index in [-0.39, 0.29) is 56.7 Å². The van der Waals surface area contributed by atoms with Crippen LogP contribution in [0.2, 0.25) is 0 Å². The summed E-state index contributed by atoms with van der Waals surface area (Å²) in [6, 6.07) is 33.6. The van der Waals surface area contributed by atoms with Crippen LogP contribution in [-0.4, -0.2) is 33.2 Å². The molecule has 0 radical (unpaired) electrons. The van der Waals surface area contributed by atoms with Gasteiger partial charge in [0.15, 0.2) is 5.82 Å². The summed E-state index contributed by atoms with van der Waals surface area (Å²) in [7, 11) is 0. The maximum absolute atomic E-state index is 10.5. The quantitative estimate of drug-likeness (QED) is 0.171. The van der Waals surface area contributed by atoms with Crippen molar-refractivity contribution in [1.82, 2.24) is 33.2 Å². The first-order valence-electron chi connectivity index (χ1n) is 30.2. The van der Waals surface area contributed by atoms with Crippen molar-refractivity contribution in [2.24, 2.45) is 0 Å². The Hall–Kier alpha value is -10.3. The van der Waals surface area contributed by atoms with Gasteiger partial charge in [-0.1, -0.05) is 133 Å². The molecule has 0 saturated carbocycles. The van der Waals surface area contributed by atoms with Crippen LogP contribution in [0, 0.1) is 11.3 Å². The zero-order valence-corrected chi connectivity index (χ0v) is 37.7. The largest absolute Gasteiger partial charge is 0.456 e. The molecule has 0 aliphatic carbocycles. The highest BCUT2D eigenvalue weighted by molar-refractivity contribution is 6.25. The van der Waals surface area contributed by atoms with Gasteiger partial charge in [0.25, 0.3) is 0 Å². The Morgan fingerprint density at radius 3 is 1.56 bits per heavy atom. The average Bonchev–Trinajstić information content (AvgIpc) is 1.61. The molecular formula is C64H36N8O. The summed E-state index contributed by atoms with van der Waals surface area (Å²) >= 11 is 0. The first-order valence-corrected chi connectivity index (χ1v) is 23.2. The van der Waals surface area contributed by atoms with Crippen LogP contribution in [0.5, 0.6) is 0 Å². The number of nitrogens with zero attached hydrogens (tertiary/aromatic N) is 8. The number of para-hydroxylation sites is 7.